The molecule has 0 spiro atoms. The van der Waals surface area contributed by atoms with Gasteiger partial charge in [0.05, 0.1) is 13.2 Å². The third-order valence-electron chi connectivity index (χ3n) is 2.46. The third kappa shape index (κ3) is 5.40. The Balaban J connectivity index is 2.72. The van der Waals surface area contributed by atoms with Gasteiger partial charge in [0.2, 0.25) is 0 Å². The van der Waals surface area contributed by atoms with Crippen molar-refractivity contribution in [2.75, 3.05) is 33.2 Å². The van der Waals surface area contributed by atoms with E-state index in [0.29, 0.717) is 0 Å². The number of nitrogen functional groups attached to an aromatic ring is 1. The molecule has 1 aromatic heterocycles. The lowest BCUT2D eigenvalue weighted by Gasteiger charge is -2.18. The fraction of sp³-hybridized carbons (Fsp3) is 0.600. The highest BCUT2D eigenvalue weighted by Gasteiger charge is 2.22. The molecule has 3 N–H and O–H groups in total. The fourth-order valence-electron chi connectivity index (χ4n) is 1.50. The average Bonchev–Trinajstić information content (AvgIpc) is 2.39. The summed E-state index contributed by atoms with van der Waals surface area (Å²) in [6, 6.07) is 1.48. The smallest absolute Gasteiger partial charge is 0.384 e. The third-order valence-corrected chi connectivity index (χ3v) is 3.39. The van der Waals surface area contributed by atoms with Crippen LogP contribution >= 0.6 is 7.82 Å². The van der Waals surface area contributed by atoms with E-state index in [9.17, 15) is 14.3 Å². The molecule has 0 radical (unpaired) electrons. The van der Waals surface area contributed by atoms with Crippen LogP contribution in [0.3, 0.4) is 0 Å². The molecule has 0 aromatic carbocycles. The van der Waals surface area contributed by atoms with Gasteiger partial charge in [-0.2, -0.15) is 4.98 Å². The van der Waals surface area contributed by atoms with Gasteiger partial charge in [0.15, 0.2) is 0 Å². The quantitative estimate of drug-likeness (QED) is 0.635. The van der Waals surface area contributed by atoms with Gasteiger partial charge in [-0.1, -0.05) is 0 Å². The van der Waals surface area contributed by atoms with E-state index in [1.165, 1.54) is 23.9 Å². The van der Waals surface area contributed by atoms with Gasteiger partial charge in [-0.15, -0.1) is 0 Å². The van der Waals surface area contributed by atoms with E-state index in [4.69, 9.17) is 15.0 Å². The van der Waals surface area contributed by atoms with Crippen LogP contribution in [0.1, 0.15) is 0 Å². The van der Waals surface area contributed by atoms with Crippen LogP contribution < -0.4 is 11.4 Å². The van der Waals surface area contributed by atoms with Crippen molar-refractivity contribution in [1.29, 1.82) is 0 Å². The van der Waals surface area contributed by atoms with Crippen molar-refractivity contribution in [1.82, 2.24) is 9.55 Å². The van der Waals surface area contributed by atoms with Gasteiger partial charge < -0.3 is 15.4 Å². The molecule has 1 heterocycles. The first-order valence-electron chi connectivity index (χ1n) is 5.73. The van der Waals surface area contributed by atoms with E-state index in [-0.39, 0.29) is 31.5 Å². The molecule has 114 valence electrons. The number of ether oxygens (including phenoxy) is 1. The normalized spacial score (nSPS) is 15.8. The lowest BCUT2D eigenvalue weighted by Crippen LogP contribution is -2.29. The molecule has 0 saturated heterocycles. The maximum atomic E-state index is 11.6. The molecule has 10 heteroatoms. The van der Waals surface area contributed by atoms with E-state index < -0.39 is 13.5 Å². The Morgan fingerprint density at radius 1 is 1.50 bits per heavy atom. The molecule has 2 atom stereocenters. The number of rotatable bonds is 8. The topological polar surface area (TPSA) is 126 Å². The lowest BCUT2D eigenvalue weighted by molar-refractivity contribution is 0.0870. The van der Waals surface area contributed by atoms with Crippen molar-refractivity contribution in [2.24, 2.45) is 5.92 Å². The number of nitrogens with two attached hydrogens (primary N) is 1. The van der Waals surface area contributed by atoms with Crippen LogP contribution in [0.25, 0.3) is 0 Å². The first-order valence-corrected chi connectivity index (χ1v) is 7.22. The predicted molar refractivity (Wildman–Crippen MR) is 71.1 cm³/mol. The van der Waals surface area contributed by atoms with Crippen LogP contribution in [-0.2, 0) is 24.9 Å². The summed E-state index contributed by atoms with van der Waals surface area (Å²) < 4.78 is 26.6. The fourth-order valence-corrected chi connectivity index (χ4v) is 2.01. The summed E-state index contributed by atoms with van der Waals surface area (Å²) in [5.74, 6) is -0.191. The molecule has 9 nitrogen and oxygen atoms in total. The van der Waals surface area contributed by atoms with Crippen molar-refractivity contribution < 1.29 is 23.2 Å². The molecule has 0 aliphatic carbocycles. The predicted octanol–water partition coefficient (Wildman–Crippen LogP) is -0.149. The standard InChI is InChI=1S/C10H18N3O6P/c1-17-6-8(7-19-20(15,16)18-2)5-13-4-3-9(11)12-10(13)14/h3-4,8H,5-7H2,1-2H3,(H,15,16)(H2,11,12,14). The summed E-state index contributed by atoms with van der Waals surface area (Å²) in [6.45, 7) is 0.344. The van der Waals surface area contributed by atoms with Crippen molar-refractivity contribution in [3.63, 3.8) is 0 Å². The molecule has 0 saturated carbocycles. The second kappa shape index (κ2) is 7.51. The zero-order valence-electron chi connectivity index (χ0n) is 11.3. The largest absolute Gasteiger partial charge is 0.471 e. The number of anilines is 1. The van der Waals surface area contributed by atoms with E-state index in [1.54, 1.807) is 0 Å². The molecule has 2 unspecified atom stereocenters. The highest BCUT2D eigenvalue weighted by Crippen LogP contribution is 2.42. The zero-order valence-corrected chi connectivity index (χ0v) is 12.2. The molecule has 0 fully saturated rings. The molecule has 1 aromatic rings. The van der Waals surface area contributed by atoms with Crippen LogP contribution in [0.2, 0.25) is 0 Å². The maximum Gasteiger partial charge on any atom is 0.471 e. The Kier molecular flexibility index (Phi) is 6.31. The summed E-state index contributed by atoms with van der Waals surface area (Å²) in [4.78, 5) is 24.4. The van der Waals surface area contributed by atoms with Gasteiger partial charge in [0.1, 0.15) is 5.82 Å². The lowest BCUT2D eigenvalue weighted by atomic mass is 10.2. The molecule has 0 aliphatic rings. The number of hydrogen-bond donors (Lipinski definition) is 2. The van der Waals surface area contributed by atoms with E-state index in [2.05, 4.69) is 9.51 Å². The van der Waals surface area contributed by atoms with Crippen molar-refractivity contribution >= 4 is 13.6 Å². The summed E-state index contributed by atoms with van der Waals surface area (Å²) in [7, 11) is -1.51. The maximum absolute atomic E-state index is 11.6. The highest BCUT2D eigenvalue weighted by molar-refractivity contribution is 7.47. The molecule has 0 amide bonds. The van der Waals surface area contributed by atoms with Crippen LogP contribution in [0.4, 0.5) is 5.82 Å². The number of phosphoric acid groups is 1. The van der Waals surface area contributed by atoms with Crippen molar-refractivity contribution in [3.8, 4) is 0 Å². The minimum atomic E-state index is -4.05. The average molecular weight is 307 g/mol. The number of hydrogen-bond acceptors (Lipinski definition) is 7. The van der Waals surface area contributed by atoms with Gasteiger partial charge >= 0.3 is 13.5 Å². The second-order valence-electron chi connectivity index (χ2n) is 4.06. The summed E-state index contributed by atoms with van der Waals surface area (Å²) >= 11 is 0. The Labute approximate surface area is 115 Å². The first kappa shape index (κ1) is 16.8. The van der Waals surface area contributed by atoms with Gasteiger partial charge in [0.25, 0.3) is 0 Å². The molecule has 20 heavy (non-hydrogen) atoms. The van der Waals surface area contributed by atoms with E-state index in [0.717, 1.165) is 7.11 Å². The number of methoxy groups -OCH3 is 1. The summed E-state index contributed by atoms with van der Waals surface area (Å²) in [6.07, 6.45) is 1.49. The van der Waals surface area contributed by atoms with E-state index >= 15 is 0 Å². The number of aromatic nitrogens is 2. The monoisotopic (exact) mass is 307 g/mol. The van der Waals surface area contributed by atoms with Crippen LogP contribution in [0.5, 0.6) is 0 Å². The zero-order chi connectivity index (χ0) is 15.2. The van der Waals surface area contributed by atoms with Crippen molar-refractivity contribution in [3.05, 3.63) is 22.7 Å². The van der Waals surface area contributed by atoms with Gasteiger partial charge in [-0.3, -0.25) is 13.6 Å². The first-order chi connectivity index (χ1) is 9.38. The summed E-state index contributed by atoms with van der Waals surface area (Å²) in [5, 5.41) is 0. The molecule has 0 aliphatic heterocycles. The Morgan fingerprint density at radius 3 is 2.75 bits per heavy atom. The van der Waals surface area contributed by atoms with Crippen LogP contribution in [-0.4, -0.2) is 41.9 Å². The van der Waals surface area contributed by atoms with Gasteiger partial charge in [-0.25, -0.2) is 9.36 Å². The molecule has 0 bridgehead atoms. The van der Waals surface area contributed by atoms with Crippen molar-refractivity contribution in [2.45, 2.75) is 6.54 Å². The highest BCUT2D eigenvalue weighted by atomic mass is 31.2. The Morgan fingerprint density at radius 2 is 2.20 bits per heavy atom. The van der Waals surface area contributed by atoms with Crippen LogP contribution in [0, 0.1) is 5.92 Å². The van der Waals surface area contributed by atoms with Gasteiger partial charge in [0, 0.05) is 32.9 Å². The number of nitrogens with zero attached hydrogens (tertiary/aromatic N) is 2. The Bertz CT molecular complexity index is 534. The number of phosphoric ester groups is 1. The van der Waals surface area contributed by atoms with Gasteiger partial charge in [-0.05, 0) is 6.07 Å². The molecular formula is C10H18N3O6P. The molecular weight excluding hydrogens is 289 g/mol. The van der Waals surface area contributed by atoms with Crippen LogP contribution in [0.15, 0.2) is 17.1 Å². The minimum absolute atomic E-state index is 0.105. The second-order valence-corrected chi connectivity index (χ2v) is 5.62. The molecule has 1 rings (SSSR count). The summed E-state index contributed by atoms with van der Waals surface area (Å²) in [5.41, 5.74) is 4.88. The SMILES string of the molecule is COCC(COP(=O)(O)OC)Cn1ccc(N)nc1=O. The minimum Gasteiger partial charge on any atom is -0.384 e. The van der Waals surface area contributed by atoms with E-state index in [1.807, 2.05) is 0 Å². The Hall–Kier alpha value is -1.25.